The van der Waals surface area contributed by atoms with Crippen LogP contribution < -0.4 is 0 Å². The van der Waals surface area contributed by atoms with E-state index in [9.17, 15) is 4.79 Å². The minimum absolute atomic E-state index is 0.442. The molecule has 0 fully saturated rings. The predicted octanol–water partition coefficient (Wildman–Crippen LogP) is -0.251. The average molecular weight is 147 g/mol. The number of hydrogen-bond acceptors (Lipinski definition) is 1. The van der Waals surface area contributed by atoms with Gasteiger partial charge in [-0.1, -0.05) is 0 Å². The summed E-state index contributed by atoms with van der Waals surface area (Å²) in [6.07, 6.45) is 2.10. The molecule has 1 unspecified atom stereocenters. The summed E-state index contributed by atoms with van der Waals surface area (Å²) in [6, 6.07) is 0. The van der Waals surface area contributed by atoms with Gasteiger partial charge in [-0.15, -0.1) is 0 Å². The second-order valence-corrected chi connectivity index (χ2v) is 4.63. The molecule has 0 saturated heterocycles. The van der Waals surface area contributed by atoms with Crippen LogP contribution in [0.2, 0.25) is 4.75 Å². The molecule has 0 rings (SSSR count). The number of carbonyl (C=O) groups excluding carboxylic acids is 1. The number of aldehydes is 1. The van der Waals surface area contributed by atoms with E-state index in [0.717, 1.165) is 12.7 Å². The van der Waals surface area contributed by atoms with Crippen molar-refractivity contribution in [2.24, 2.45) is 0 Å². The van der Waals surface area contributed by atoms with Crippen LogP contribution in [0.25, 0.3) is 0 Å². The molecule has 0 aromatic rings. The summed E-state index contributed by atoms with van der Waals surface area (Å²) in [7, 11) is 0. The monoisotopic (exact) mass is 148 g/mol. The Morgan fingerprint density at radius 1 is 2.00 bits per heavy atom. The van der Waals surface area contributed by atoms with Crippen molar-refractivity contribution in [3.8, 4) is 0 Å². The Morgan fingerprint density at radius 3 is 2.50 bits per heavy atom. The first-order valence-corrected chi connectivity index (χ1v) is 4.68. The maximum atomic E-state index is 9.78. The molecule has 0 spiro atoms. The molecule has 0 amide bonds. The molecule has 6 heavy (non-hydrogen) atoms. The molecule has 0 aliphatic carbocycles. The fourth-order valence-corrected chi connectivity index (χ4v) is 0.0962. The molecule has 36 valence electrons. The molecule has 1 atom stereocenters. The fraction of sp³-hybridized carbons (Fsp3) is 0.750. The third kappa shape index (κ3) is 2.45. The molecule has 0 saturated carbocycles. The predicted molar refractivity (Wildman–Crippen MR) is 30.0 cm³/mol. The van der Waals surface area contributed by atoms with Crippen molar-refractivity contribution in [3.63, 3.8) is 0 Å². The van der Waals surface area contributed by atoms with Crippen LogP contribution >= 0.6 is 0 Å². The standard InChI is InChI=1S/C4H10GeO/c1-2-4(5)3-6/h3-4H,2H2,1,5H3. The van der Waals surface area contributed by atoms with E-state index in [2.05, 4.69) is 0 Å². The van der Waals surface area contributed by atoms with E-state index in [1.165, 1.54) is 0 Å². The summed E-state index contributed by atoms with van der Waals surface area (Å²) in [5.74, 6) is 0. The van der Waals surface area contributed by atoms with Gasteiger partial charge in [0.2, 0.25) is 0 Å². The van der Waals surface area contributed by atoms with Gasteiger partial charge in [0.25, 0.3) is 0 Å². The normalized spacial score (nSPS) is 14.2. The van der Waals surface area contributed by atoms with E-state index in [1.54, 1.807) is 0 Å². The van der Waals surface area contributed by atoms with Crippen LogP contribution in [0.5, 0.6) is 0 Å². The topological polar surface area (TPSA) is 17.1 Å². The second kappa shape index (κ2) is 3.40. The van der Waals surface area contributed by atoms with E-state index in [-0.39, 0.29) is 0 Å². The van der Waals surface area contributed by atoms with E-state index >= 15 is 0 Å². The first-order chi connectivity index (χ1) is 2.81. The molecule has 0 N–H and O–H groups in total. The Morgan fingerprint density at radius 2 is 2.50 bits per heavy atom. The Hall–Kier alpha value is 0.213. The van der Waals surface area contributed by atoms with Crippen LogP contribution in [0.15, 0.2) is 0 Å². The SMILES string of the molecule is CC[CH]([GeH3])C=O. The summed E-state index contributed by atoms with van der Waals surface area (Å²) < 4.78 is 0.442. The molecular weight excluding hydrogens is 137 g/mol. The van der Waals surface area contributed by atoms with Crippen molar-refractivity contribution >= 4 is 22.8 Å². The molecular formula is C4H10GeO. The molecule has 0 aromatic heterocycles. The van der Waals surface area contributed by atoms with Crippen LogP contribution in [-0.4, -0.2) is 22.8 Å². The molecule has 1 nitrogen and oxygen atoms in total. The zero-order valence-corrected chi connectivity index (χ0v) is 8.47. The Bertz CT molecular complexity index is 44.8. The van der Waals surface area contributed by atoms with Gasteiger partial charge in [0.15, 0.2) is 0 Å². The van der Waals surface area contributed by atoms with Crippen LogP contribution in [-0.2, 0) is 4.79 Å². The van der Waals surface area contributed by atoms with Gasteiger partial charge in [-0.05, 0) is 0 Å². The van der Waals surface area contributed by atoms with Gasteiger partial charge in [0.1, 0.15) is 0 Å². The van der Waals surface area contributed by atoms with E-state index in [1.807, 2.05) is 6.92 Å². The molecule has 0 heterocycles. The van der Waals surface area contributed by atoms with Gasteiger partial charge in [-0.2, -0.15) is 0 Å². The van der Waals surface area contributed by atoms with Gasteiger partial charge in [-0.3, -0.25) is 0 Å². The second-order valence-electron chi connectivity index (χ2n) is 1.52. The Balaban J connectivity index is 2.96. The summed E-state index contributed by atoms with van der Waals surface area (Å²) in [4.78, 5) is 9.78. The third-order valence-corrected chi connectivity index (χ3v) is 3.16. The summed E-state index contributed by atoms with van der Waals surface area (Å²) >= 11 is 0.712. The van der Waals surface area contributed by atoms with Crippen molar-refractivity contribution in [1.29, 1.82) is 0 Å². The van der Waals surface area contributed by atoms with Gasteiger partial charge in [0.05, 0.1) is 0 Å². The van der Waals surface area contributed by atoms with Crippen molar-refractivity contribution in [2.45, 2.75) is 18.1 Å². The first-order valence-electron chi connectivity index (χ1n) is 2.26. The number of rotatable bonds is 2. The van der Waals surface area contributed by atoms with Gasteiger partial charge < -0.3 is 0 Å². The molecule has 0 aromatic carbocycles. The van der Waals surface area contributed by atoms with E-state index < -0.39 is 0 Å². The number of carbonyl (C=O) groups is 1. The molecule has 0 aliphatic heterocycles. The maximum absolute atomic E-state index is 9.78. The van der Waals surface area contributed by atoms with Crippen LogP contribution in [0.4, 0.5) is 0 Å². The third-order valence-electron chi connectivity index (χ3n) is 0.876. The minimum atomic E-state index is 0.442. The van der Waals surface area contributed by atoms with Crippen molar-refractivity contribution in [3.05, 3.63) is 0 Å². The van der Waals surface area contributed by atoms with Gasteiger partial charge in [0, 0.05) is 0 Å². The summed E-state index contributed by atoms with van der Waals surface area (Å²) in [5, 5.41) is 0. The Kier molecular flexibility index (Phi) is 3.53. The Labute approximate surface area is 46.3 Å². The van der Waals surface area contributed by atoms with Crippen LogP contribution in [0.3, 0.4) is 0 Å². The van der Waals surface area contributed by atoms with Crippen molar-refractivity contribution in [2.75, 3.05) is 0 Å². The van der Waals surface area contributed by atoms with E-state index in [4.69, 9.17) is 0 Å². The summed E-state index contributed by atoms with van der Waals surface area (Å²) in [5.41, 5.74) is 0. The molecule has 0 bridgehead atoms. The zero-order valence-electron chi connectivity index (χ0n) is 4.27. The average Bonchev–Trinajstić information content (AvgIpc) is 1.65. The number of hydrogen-bond donors (Lipinski definition) is 0. The van der Waals surface area contributed by atoms with E-state index in [0.29, 0.717) is 21.3 Å². The molecule has 2 heteroatoms. The van der Waals surface area contributed by atoms with Crippen LogP contribution in [0.1, 0.15) is 13.3 Å². The van der Waals surface area contributed by atoms with Crippen molar-refractivity contribution < 1.29 is 4.79 Å². The molecule has 0 radical (unpaired) electrons. The first kappa shape index (κ1) is 6.21. The molecule has 0 aliphatic rings. The fourth-order valence-electron chi connectivity index (χ4n) is 0.0962. The summed E-state index contributed by atoms with van der Waals surface area (Å²) in [6.45, 7) is 2.05. The van der Waals surface area contributed by atoms with Gasteiger partial charge in [-0.25, -0.2) is 0 Å². The zero-order chi connectivity index (χ0) is 4.99. The van der Waals surface area contributed by atoms with Crippen molar-refractivity contribution in [1.82, 2.24) is 0 Å². The van der Waals surface area contributed by atoms with Gasteiger partial charge >= 0.3 is 45.7 Å². The van der Waals surface area contributed by atoms with Crippen LogP contribution in [0, 0.1) is 0 Å². The quantitative estimate of drug-likeness (QED) is 0.388.